The van der Waals surface area contributed by atoms with Gasteiger partial charge in [-0.3, -0.25) is 0 Å². The van der Waals surface area contributed by atoms with E-state index in [2.05, 4.69) is 4.99 Å². The fourth-order valence-corrected chi connectivity index (χ4v) is 4.10. The molecule has 0 saturated carbocycles. The maximum absolute atomic E-state index is 13.0. The highest BCUT2D eigenvalue weighted by atomic mass is 32.2. The van der Waals surface area contributed by atoms with Crippen molar-refractivity contribution in [2.24, 2.45) is 4.99 Å². The van der Waals surface area contributed by atoms with E-state index < -0.39 is 15.6 Å². The van der Waals surface area contributed by atoms with Gasteiger partial charge < -0.3 is 4.90 Å². The van der Waals surface area contributed by atoms with Gasteiger partial charge in [-0.15, -0.1) is 0 Å². The number of hydrogen-bond acceptors (Lipinski definition) is 4. The molecule has 5 nitrogen and oxygen atoms in total. The van der Waals surface area contributed by atoms with Crippen molar-refractivity contribution in [1.82, 2.24) is 9.21 Å². The summed E-state index contributed by atoms with van der Waals surface area (Å²) in [6.07, 6.45) is 0. The van der Waals surface area contributed by atoms with Crippen LogP contribution in [0.25, 0.3) is 0 Å². The van der Waals surface area contributed by atoms with Crippen molar-refractivity contribution in [1.29, 1.82) is 0 Å². The predicted molar refractivity (Wildman–Crippen MR) is 84.9 cm³/mol. The van der Waals surface area contributed by atoms with Gasteiger partial charge in [-0.05, 0) is 39.8 Å². The number of rotatable bonds is 2. The van der Waals surface area contributed by atoms with Gasteiger partial charge in [0.2, 0.25) is 5.96 Å². The smallest absolute Gasteiger partial charge is 0.266 e. The first-order chi connectivity index (χ1) is 9.57. The van der Waals surface area contributed by atoms with Gasteiger partial charge in [-0.2, -0.15) is 0 Å². The fourth-order valence-electron chi connectivity index (χ4n) is 2.30. The molecule has 0 bridgehead atoms. The maximum Gasteiger partial charge on any atom is 0.266 e. The lowest BCUT2D eigenvalue weighted by molar-refractivity contribution is 0.347. The molecule has 1 atom stereocenters. The van der Waals surface area contributed by atoms with Crippen molar-refractivity contribution in [2.75, 3.05) is 14.1 Å². The number of sulfonamides is 1. The number of aliphatic imine (C=N–C) groups is 1. The zero-order valence-corrected chi connectivity index (χ0v) is 14.3. The standard InChI is InChI=1S/C15H23N3O2S/c1-11-7-9-13(10-8-11)21(19,20)18-12(2)15(3,4)16-14(18)17(5)6/h7-10,12H,1-6H3/t12-/m0/s1. The minimum atomic E-state index is -3.61. The molecule has 1 heterocycles. The molecule has 0 unspecified atom stereocenters. The number of aryl methyl sites for hydroxylation is 1. The Morgan fingerprint density at radius 1 is 1.19 bits per heavy atom. The molecule has 0 aromatic heterocycles. The van der Waals surface area contributed by atoms with Crippen molar-refractivity contribution in [3.8, 4) is 0 Å². The van der Waals surface area contributed by atoms with Crippen molar-refractivity contribution >= 4 is 16.0 Å². The van der Waals surface area contributed by atoms with Gasteiger partial charge in [0.05, 0.1) is 16.5 Å². The molecule has 1 aliphatic rings. The molecule has 0 spiro atoms. The first kappa shape index (κ1) is 15.8. The molecule has 21 heavy (non-hydrogen) atoms. The maximum atomic E-state index is 13.0. The summed E-state index contributed by atoms with van der Waals surface area (Å²) in [5.74, 6) is 0.480. The monoisotopic (exact) mass is 309 g/mol. The Bertz CT molecular complexity index is 661. The lowest BCUT2D eigenvalue weighted by Crippen LogP contribution is -2.48. The molecule has 0 N–H and O–H groups in total. The Balaban J connectivity index is 2.53. The second kappa shape index (κ2) is 5.02. The van der Waals surface area contributed by atoms with Crippen LogP contribution in [-0.4, -0.2) is 49.3 Å². The SMILES string of the molecule is Cc1ccc(S(=O)(=O)N2C(N(C)C)=NC(C)(C)[C@@H]2C)cc1. The molecule has 0 fully saturated rings. The van der Waals surface area contributed by atoms with Crippen LogP contribution in [0.3, 0.4) is 0 Å². The van der Waals surface area contributed by atoms with Crippen LogP contribution in [-0.2, 0) is 10.0 Å². The number of benzene rings is 1. The highest BCUT2D eigenvalue weighted by molar-refractivity contribution is 7.89. The summed E-state index contributed by atoms with van der Waals surface area (Å²) in [5, 5.41) is 0. The largest absolute Gasteiger partial charge is 0.348 e. The van der Waals surface area contributed by atoms with Crippen LogP contribution in [0, 0.1) is 6.92 Å². The number of hydrogen-bond donors (Lipinski definition) is 0. The topological polar surface area (TPSA) is 53.0 Å². The molecular weight excluding hydrogens is 286 g/mol. The predicted octanol–water partition coefficient (Wildman–Crippen LogP) is 2.08. The third-order valence-corrected chi connectivity index (χ3v) is 5.80. The van der Waals surface area contributed by atoms with Crippen LogP contribution in [0.4, 0.5) is 0 Å². The molecule has 0 radical (unpaired) electrons. The molecule has 1 aromatic carbocycles. The van der Waals surface area contributed by atoms with E-state index in [1.165, 1.54) is 4.31 Å². The van der Waals surface area contributed by atoms with Crippen LogP contribution in [0.1, 0.15) is 26.3 Å². The lowest BCUT2D eigenvalue weighted by Gasteiger charge is -2.31. The first-order valence-electron chi connectivity index (χ1n) is 6.95. The van der Waals surface area contributed by atoms with E-state index in [4.69, 9.17) is 0 Å². The normalized spacial score (nSPS) is 21.3. The zero-order valence-electron chi connectivity index (χ0n) is 13.5. The first-order valence-corrected chi connectivity index (χ1v) is 8.39. The minimum Gasteiger partial charge on any atom is -0.348 e. The summed E-state index contributed by atoms with van der Waals surface area (Å²) in [6.45, 7) is 7.73. The molecule has 0 saturated heterocycles. The van der Waals surface area contributed by atoms with E-state index in [0.29, 0.717) is 10.9 Å². The molecule has 0 amide bonds. The molecule has 2 rings (SSSR count). The Kier molecular flexibility index (Phi) is 3.78. The molecule has 116 valence electrons. The average molecular weight is 309 g/mol. The van der Waals surface area contributed by atoms with E-state index in [9.17, 15) is 8.42 Å². The summed E-state index contributed by atoms with van der Waals surface area (Å²) in [5.41, 5.74) is 0.586. The van der Waals surface area contributed by atoms with E-state index in [0.717, 1.165) is 5.56 Å². The molecular formula is C15H23N3O2S. The molecule has 0 aliphatic carbocycles. The lowest BCUT2D eigenvalue weighted by atomic mass is 9.99. The van der Waals surface area contributed by atoms with E-state index >= 15 is 0 Å². The average Bonchev–Trinajstić information content (AvgIpc) is 2.62. The summed E-state index contributed by atoms with van der Waals surface area (Å²) in [4.78, 5) is 6.63. The summed E-state index contributed by atoms with van der Waals surface area (Å²) < 4.78 is 27.4. The third-order valence-electron chi connectivity index (χ3n) is 3.94. The van der Waals surface area contributed by atoms with Crippen molar-refractivity contribution < 1.29 is 8.42 Å². The van der Waals surface area contributed by atoms with Crippen molar-refractivity contribution in [3.05, 3.63) is 29.8 Å². The van der Waals surface area contributed by atoms with Crippen molar-refractivity contribution in [2.45, 2.75) is 44.2 Å². The minimum absolute atomic E-state index is 0.235. The highest BCUT2D eigenvalue weighted by Crippen LogP contribution is 2.33. The van der Waals surface area contributed by atoms with E-state index in [1.807, 2.05) is 53.9 Å². The number of guanidine groups is 1. The second-order valence-corrected chi connectivity index (χ2v) is 8.06. The van der Waals surface area contributed by atoms with Crippen molar-refractivity contribution in [3.63, 3.8) is 0 Å². The van der Waals surface area contributed by atoms with Gasteiger partial charge in [-0.25, -0.2) is 17.7 Å². The summed E-state index contributed by atoms with van der Waals surface area (Å²) >= 11 is 0. The fraction of sp³-hybridized carbons (Fsp3) is 0.533. The quantitative estimate of drug-likeness (QED) is 0.840. The van der Waals surface area contributed by atoms with E-state index in [1.54, 1.807) is 17.0 Å². The van der Waals surface area contributed by atoms with Crippen LogP contribution in [0.15, 0.2) is 34.2 Å². The highest BCUT2D eigenvalue weighted by Gasteiger charge is 2.46. The van der Waals surface area contributed by atoms with Gasteiger partial charge in [0.1, 0.15) is 0 Å². The van der Waals surface area contributed by atoms with Gasteiger partial charge in [0.15, 0.2) is 0 Å². The zero-order chi connectivity index (χ0) is 16.0. The Morgan fingerprint density at radius 2 is 1.71 bits per heavy atom. The number of nitrogens with zero attached hydrogens (tertiary/aromatic N) is 3. The van der Waals surface area contributed by atoms with Gasteiger partial charge in [-0.1, -0.05) is 17.7 Å². The second-order valence-electron chi connectivity index (χ2n) is 6.25. The van der Waals surface area contributed by atoms with Gasteiger partial charge in [0, 0.05) is 14.1 Å². The summed E-state index contributed by atoms with van der Waals surface area (Å²) in [6, 6.07) is 6.68. The van der Waals surface area contributed by atoms with Crippen LogP contribution in [0.2, 0.25) is 0 Å². The van der Waals surface area contributed by atoms with Crippen LogP contribution < -0.4 is 0 Å². The Hall–Kier alpha value is -1.56. The van der Waals surface area contributed by atoms with Gasteiger partial charge >= 0.3 is 0 Å². The Labute approximate surface area is 127 Å². The van der Waals surface area contributed by atoms with Crippen LogP contribution >= 0.6 is 0 Å². The third kappa shape index (κ3) is 2.64. The van der Waals surface area contributed by atoms with E-state index in [-0.39, 0.29) is 6.04 Å². The Morgan fingerprint density at radius 3 is 2.19 bits per heavy atom. The molecule has 1 aromatic rings. The molecule has 6 heteroatoms. The molecule has 1 aliphatic heterocycles. The van der Waals surface area contributed by atoms with Crippen LogP contribution in [0.5, 0.6) is 0 Å². The van der Waals surface area contributed by atoms with Gasteiger partial charge in [0.25, 0.3) is 10.0 Å². The summed E-state index contributed by atoms with van der Waals surface area (Å²) in [7, 11) is 0.0113.